The Balaban J connectivity index is 4.35. The number of rotatable bonds is 14. The quantitative estimate of drug-likeness (QED) is 0.289. The highest BCUT2D eigenvalue weighted by atomic mass is 16.4. The summed E-state index contributed by atoms with van der Waals surface area (Å²) < 4.78 is 0. The minimum Gasteiger partial charge on any atom is -0.511 e. The van der Waals surface area contributed by atoms with Gasteiger partial charge in [-0.15, -0.1) is 0 Å². The highest BCUT2D eigenvalue weighted by molar-refractivity contribution is 5.73. The number of aliphatic hydroxyl groups excluding tert-OH is 2. The molecule has 0 aromatic rings. The molecule has 0 saturated carbocycles. The molecule has 6 heteroatoms. The Morgan fingerprint density at radius 2 is 1.87 bits per heavy atom. The molecule has 136 valence electrons. The number of hydrogen-bond acceptors (Lipinski definition) is 5. The lowest BCUT2D eigenvalue weighted by Gasteiger charge is -2.25. The third-order valence-electron chi connectivity index (χ3n) is 3.77. The van der Waals surface area contributed by atoms with Gasteiger partial charge in [-0.3, -0.25) is 0 Å². The largest absolute Gasteiger partial charge is 0.511 e. The van der Waals surface area contributed by atoms with Crippen LogP contribution in [-0.2, 0) is 4.79 Å². The van der Waals surface area contributed by atoms with Crippen molar-refractivity contribution < 1.29 is 20.1 Å². The molecule has 23 heavy (non-hydrogen) atoms. The Labute approximate surface area is 140 Å². The van der Waals surface area contributed by atoms with Crippen molar-refractivity contribution in [2.24, 2.45) is 0 Å². The van der Waals surface area contributed by atoms with Crippen LogP contribution in [0.2, 0.25) is 0 Å². The second kappa shape index (κ2) is 13.2. The van der Waals surface area contributed by atoms with Gasteiger partial charge in [0.1, 0.15) is 11.8 Å². The van der Waals surface area contributed by atoms with E-state index in [1.54, 1.807) is 11.8 Å². The molecule has 0 spiro atoms. The van der Waals surface area contributed by atoms with Gasteiger partial charge in [-0.05, 0) is 19.8 Å². The fraction of sp³-hybridized carbons (Fsp3) is 0.824. The van der Waals surface area contributed by atoms with Crippen LogP contribution in [0.4, 0.5) is 0 Å². The van der Waals surface area contributed by atoms with Gasteiger partial charge in [0.2, 0.25) is 0 Å². The molecule has 0 fully saturated rings. The van der Waals surface area contributed by atoms with Crippen LogP contribution in [0.15, 0.2) is 12.0 Å². The van der Waals surface area contributed by atoms with E-state index in [0.29, 0.717) is 26.1 Å². The standard InChI is InChI=1S/C17H34N2O4/c1-4-6-8-15(20)12-18-10-11-19(14(3)17(22)23)13-16(21)9-7-5-2/h13-15,18,20-21H,4-12H2,1-3H3,(H,22,23)/b16-13-. The van der Waals surface area contributed by atoms with Crippen molar-refractivity contribution in [3.05, 3.63) is 12.0 Å². The van der Waals surface area contributed by atoms with E-state index < -0.39 is 12.0 Å². The molecule has 0 aliphatic rings. The van der Waals surface area contributed by atoms with E-state index in [4.69, 9.17) is 0 Å². The summed E-state index contributed by atoms with van der Waals surface area (Å²) in [5.74, 6) is -0.713. The van der Waals surface area contributed by atoms with Crippen LogP contribution >= 0.6 is 0 Å². The van der Waals surface area contributed by atoms with Crippen molar-refractivity contribution in [3.63, 3.8) is 0 Å². The number of hydrogen-bond donors (Lipinski definition) is 4. The Kier molecular flexibility index (Phi) is 12.5. The molecule has 0 aliphatic carbocycles. The van der Waals surface area contributed by atoms with Gasteiger partial charge in [-0.1, -0.05) is 33.1 Å². The topological polar surface area (TPSA) is 93.0 Å². The summed E-state index contributed by atoms with van der Waals surface area (Å²) in [6.07, 6.45) is 6.40. The van der Waals surface area contributed by atoms with Crippen molar-refractivity contribution in [2.75, 3.05) is 19.6 Å². The van der Waals surface area contributed by atoms with Gasteiger partial charge in [-0.25, -0.2) is 4.79 Å². The molecule has 0 aliphatic heterocycles. The van der Waals surface area contributed by atoms with Crippen LogP contribution in [-0.4, -0.2) is 58.0 Å². The number of nitrogens with one attached hydrogen (secondary N) is 1. The Morgan fingerprint density at radius 1 is 1.22 bits per heavy atom. The fourth-order valence-corrected chi connectivity index (χ4v) is 2.14. The van der Waals surface area contributed by atoms with Crippen LogP contribution in [0.3, 0.4) is 0 Å². The molecule has 0 rings (SSSR count). The monoisotopic (exact) mass is 330 g/mol. The summed E-state index contributed by atoms with van der Waals surface area (Å²) in [4.78, 5) is 12.8. The van der Waals surface area contributed by atoms with E-state index in [-0.39, 0.29) is 11.9 Å². The number of allylic oxidation sites excluding steroid dienone is 1. The van der Waals surface area contributed by atoms with Crippen LogP contribution in [0, 0.1) is 0 Å². The predicted molar refractivity (Wildman–Crippen MR) is 92.4 cm³/mol. The van der Waals surface area contributed by atoms with E-state index in [9.17, 15) is 20.1 Å². The van der Waals surface area contributed by atoms with Gasteiger partial charge in [0.15, 0.2) is 0 Å². The summed E-state index contributed by atoms with van der Waals surface area (Å²) >= 11 is 0. The first-order valence-electron chi connectivity index (χ1n) is 8.69. The first-order valence-corrected chi connectivity index (χ1v) is 8.69. The van der Waals surface area contributed by atoms with Crippen molar-refractivity contribution in [1.82, 2.24) is 10.2 Å². The average molecular weight is 330 g/mol. The van der Waals surface area contributed by atoms with E-state index in [0.717, 1.165) is 32.1 Å². The fourth-order valence-electron chi connectivity index (χ4n) is 2.14. The number of carbonyl (C=O) groups is 1. The summed E-state index contributed by atoms with van der Waals surface area (Å²) in [5, 5.41) is 32.0. The average Bonchev–Trinajstić information content (AvgIpc) is 2.52. The van der Waals surface area contributed by atoms with Gasteiger partial charge in [0, 0.05) is 32.3 Å². The third-order valence-corrected chi connectivity index (χ3v) is 3.77. The molecule has 0 amide bonds. The van der Waals surface area contributed by atoms with Crippen LogP contribution in [0.25, 0.3) is 0 Å². The number of aliphatic carboxylic acids is 1. The predicted octanol–water partition coefficient (Wildman–Crippen LogP) is 2.49. The molecule has 0 heterocycles. The number of nitrogens with zero attached hydrogens (tertiary/aromatic N) is 1. The number of carboxylic acids is 1. The van der Waals surface area contributed by atoms with Crippen LogP contribution in [0.5, 0.6) is 0 Å². The number of aliphatic hydroxyl groups is 2. The molecule has 6 nitrogen and oxygen atoms in total. The van der Waals surface area contributed by atoms with Crippen LogP contribution < -0.4 is 5.32 Å². The normalized spacial score (nSPS) is 14.5. The van der Waals surface area contributed by atoms with E-state index in [1.807, 2.05) is 6.92 Å². The highest BCUT2D eigenvalue weighted by Crippen LogP contribution is 2.08. The van der Waals surface area contributed by atoms with Crippen molar-refractivity contribution >= 4 is 5.97 Å². The molecule has 2 unspecified atom stereocenters. The van der Waals surface area contributed by atoms with Gasteiger partial charge in [0.25, 0.3) is 0 Å². The first-order chi connectivity index (χ1) is 10.9. The van der Waals surface area contributed by atoms with E-state index in [1.165, 1.54) is 6.20 Å². The second-order valence-electron chi connectivity index (χ2n) is 5.98. The minimum atomic E-state index is -0.924. The van der Waals surface area contributed by atoms with E-state index in [2.05, 4.69) is 12.2 Å². The Hall–Kier alpha value is -1.27. The zero-order valence-corrected chi connectivity index (χ0v) is 14.8. The molecule has 0 aromatic carbocycles. The molecule has 4 N–H and O–H groups in total. The summed E-state index contributed by atoms with van der Waals surface area (Å²) in [5.41, 5.74) is 0. The molecular formula is C17H34N2O4. The zero-order chi connectivity index (χ0) is 17.7. The van der Waals surface area contributed by atoms with E-state index >= 15 is 0 Å². The Bertz CT molecular complexity index is 347. The van der Waals surface area contributed by atoms with Gasteiger partial charge in [-0.2, -0.15) is 0 Å². The molecular weight excluding hydrogens is 296 g/mol. The van der Waals surface area contributed by atoms with Gasteiger partial charge >= 0.3 is 5.97 Å². The van der Waals surface area contributed by atoms with Gasteiger partial charge in [0.05, 0.1) is 6.10 Å². The molecule has 0 aromatic heterocycles. The molecule has 0 bridgehead atoms. The smallest absolute Gasteiger partial charge is 0.326 e. The number of unbranched alkanes of at least 4 members (excludes halogenated alkanes) is 2. The Morgan fingerprint density at radius 3 is 2.43 bits per heavy atom. The summed E-state index contributed by atoms with van der Waals surface area (Å²) in [7, 11) is 0. The molecule has 0 saturated heterocycles. The summed E-state index contributed by atoms with van der Waals surface area (Å²) in [6, 6.07) is -0.703. The summed E-state index contributed by atoms with van der Waals surface area (Å²) in [6.45, 7) is 7.24. The van der Waals surface area contributed by atoms with Crippen LogP contribution in [0.1, 0.15) is 59.3 Å². The SMILES string of the molecule is CCCC/C(O)=C/N(CCNCC(O)CCCC)C(C)C(=O)O. The van der Waals surface area contributed by atoms with Gasteiger partial charge < -0.3 is 25.5 Å². The minimum absolute atomic E-state index is 0.211. The number of carboxylic acid groups (broad SMARTS) is 1. The maximum atomic E-state index is 11.2. The lowest BCUT2D eigenvalue weighted by molar-refractivity contribution is -0.141. The lowest BCUT2D eigenvalue weighted by atomic mass is 10.1. The maximum absolute atomic E-state index is 11.2. The van der Waals surface area contributed by atoms with Crippen molar-refractivity contribution in [2.45, 2.75) is 71.4 Å². The third kappa shape index (κ3) is 11.0. The van der Waals surface area contributed by atoms with Crippen molar-refractivity contribution in [3.8, 4) is 0 Å². The molecule has 0 radical (unpaired) electrons. The lowest BCUT2D eigenvalue weighted by Crippen LogP contribution is -2.40. The highest BCUT2D eigenvalue weighted by Gasteiger charge is 2.18. The molecule has 2 atom stereocenters. The van der Waals surface area contributed by atoms with Crippen molar-refractivity contribution in [1.29, 1.82) is 0 Å². The first kappa shape index (κ1) is 21.7. The zero-order valence-electron chi connectivity index (χ0n) is 14.8. The second-order valence-corrected chi connectivity index (χ2v) is 5.98. The maximum Gasteiger partial charge on any atom is 0.326 e.